The van der Waals surface area contributed by atoms with E-state index < -0.39 is 10.0 Å². The Morgan fingerprint density at radius 3 is 2.71 bits per heavy atom. The van der Waals surface area contributed by atoms with E-state index in [0.29, 0.717) is 18.4 Å². The van der Waals surface area contributed by atoms with Crippen molar-refractivity contribution in [2.75, 3.05) is 0 Å². The number of hydrogen-bond acceptors (Lipinski definition) is 4. The highest BCUT2D eigenvalue weighted by atomic mass is 32.2. The van der Waals surface area contributed by atoms with E-state index in [-0.39, 0.29) is 5.03 Å². The van der Waals surface area contributed by atoms with Crippen LogP contribution in [0.25, 0.3) is 0 Å². The van der Waals surface area contributed by atoms with Crippen molar-refractivity contribution >= 4 is 10.0 Å². The lowest BCUT2D eigenvalue weighted by Gasteiger charge is -2.09. The third-order valence-corrected chi connectivity index (χ3v) is 4.72. The minimum absolute atomic E-state index is 0.102. The van der Waals surface area contributed by atoms with Gasteiger partial charge in [-0.25, -0.2) is 18.5 Å². The van der Waals surface area contributed by atoms with E-state index in [1.165, 1.54) is 31.9 Å². The summed E-state index contributed by atoms with van der Waals surface area (Å²) in [5.41, 5.74) is 0.892. The second-order valence-corrected chi connectivity index (χ2v) is 7.03. The second kappa shape index (κ2) is 5.27. The number of rotatable bonds is 4. The molecule has 3 rings (SSSR count). The van der Waals surface area contributed by atoms with Gasteiger partial charge in [0.2, 0.25) is 0 Å². The first-order chi connectivity index (χ1) is 9.93. The lowest BCUT2D eigenvalue weighted by atomic mass is 10.3. The number of hydrogen-bond donors (Lipinski definition) is 1. The monoisotopic (exact) mass is 309 g/mol. The predicted molar refractivity (Wildman–Crippen MR) is 77.2 cm³/mol. The highest BCUT2D eigenvalue weighted by molar-refractivity contribution is 7.89. The minimum atomic E-state index is -3.76. The van der Waals surface area contributed by atoms with E-state index in [4.69, 9.17) is 5.14 Å². The number of aryl methyl sites for hydroxylation is 1. The number of nitrogens with two attached hydrogens (primary N) is 1. The van der Waals surface area contributed by atoms with E-state index in [1.807, 2.05) is 16.9 Å². The average Bonchev–Trinajstić information content (AvgIpc) is 3.10. The second-order valence-electron chi connectivity index (χ2n) is 5.52. The lowest BCUT2D eigenvalue weighted by molar-refractivity contribution is 0.461. The summed E-state index contributed by atoms with van der Waals surface area (Å²) in [6, 6.07) is 2.47. The predicted octanol–water partition coefficient (Wildman–Crippen LogP) is 1.20. The molecule has 2 heterocycles. The van der Waals surface area contributed by atoms with Crippen LogP contribution in [0.2, 0.25) is 0 Å². The summed E-state index contributed by atoms with van der Waals surface area (Å²) in [6.07, 6.45) is 8.34. The maximum atomic E-state index is 11.3. The molecular formula is C13H19N5O2S. The topological polar surface area (TPSA) is 95.8 Å². The number of aromatic nitrogens is 4. The molecule has 0 saturated heterocycles. The van der Waals surface area contributed by atoms with Crippen molar-refractivity contribution in [2.45, 2.75) is 50.2 Å². The van der Waals surface area contributed by atoms with Gasteiger partial charge in [-0.3, -0.25) is 4.68 Å². The number of imidazole rings is 1. The maximum Gasteiger partial charge on any atom is 0.257 e. The Morgan fingerprint density at radius 2 is 2.10 bits per heavy atom. The molecule has 21 heavy (non-hydrogen) atoms. The van der Waals surface area contributed by atoms with Crippen LogP contribution in [0.1, 0.15) is 43.2 Å². The van der Waals surface area contributed by atoms with Crippen molar-refractivity contribution in [3.8, 4) is 0 Å². The number of primary sulfonamides is 1. The third kappa shape index (κ3) is 3.01. The standard InChI is InChI=1S/C13H19N5O2S/c1-10-15-13(21(14,19)20)9-17(10)8-11-6-7-18(16-11)12-4-2-3-5-12/h6-7,9,12H,2-5,8H2,1H3,(H2,14,19,20). The summed E-state index contributed by atoms with van der Waals surface area (Å²) >= 11 is 0. The first-order valence-electron chi connectivity index (χ1n) is 7.04. The number of nitrogens with zero attached hydrogens (tertiary/aromatic N) is 4. The highest BCUT2D eigenvalue weighted by Gasteiger charge is 2.18. The highest BCUT2D eigenvalue weighted by Crippen LogP contribution is 2.28. The van der Waals surface area contributed by atoms with Gasteiger partial charge in [0, 0.05) is 12.4 Å². The molecule has 0 unspecified atom stereocenters. The summed E-state index contributed by atoms with van der Waals surface area (Å²) in [7, 11) is -3.76. The molecule has 0 amide bonds. The molecule has 0 bridgehead atoms. The summed E-state index contributed by atoms with van der Waals surface area (Å²) in [4.78, 5) is 3.98. The van der Waals surface area contributed by atoms with Gasteiger partial charge in [-0.1, -0.05) is 12.8 Å². The Balaban J connectivity index is 1.79. The van der Waals surface area contributed by atoms with Crippen molar-refractivity contribution < 1.29 is 8.42 Å². The zero-order valence-electron chi connectivity index (χ0n) is 11.9. The lowest BCUT2D eigenvalue weighted by Crippen LogP contribution is -2.12. The molecule has 2 aromatic heterocycles. The normalized spacial score (nSPS) is 16.7. The Bertz CT molecular complexity index is 740. The van der Waals surface area contributed by atoms with Crippen LogP contribution >= 0.6 is 0 Å². The molecule has 0 radical (unpaired) electrons. The molecule has 0 atom stereocenters. The fourth-order valence-electron chi connectivity index (χ4n) is 2.78. The first-order valence-corrected chi connectivity index (χ1v) is 8.59. The van der Waals surface area contributed by atoms with Crippen LogP contribution < -0.4 is 5.14 Å². The molecule has 2 aromatic rings. The van der Waals surface area contributed by atoms with Crippen molar-refractivity contribution in [1.82, 2.24) is 19.3 Å². The summed E-state index contributed by atoms with van der Waals surface area (Å²) in [6.45, 7) is 2.25. The van der Waals surface area contributed by atoms with E-state index in [0.717, 1.165) is 5.69 Å². The van der Waals surface area contributed by atoms with E-state index in [9.17, 15) is 8.42 Å². The minimum Gasteiger partial charge on any atom is -0.328 e. The van der Waals surface area contributed by atoms with E-state index in [2.05, 4.69) is 10.1 Å². The zero-order chi connectivity index (χ0) is 15.0. The van der Waals surface area contributed by atoms with Gasteiger partial charge in [0.05, 0.1) is 18.3 Å². The van der Waals surface area contributed by atoms with Crippen molar-refractivity contribution in [3.63, 3.8) is 0 Å². The molecule has 1 aliphatic rings. The largest absolute Gasteiger partial charge is 0.328 e. The average molecular weight is 309 g/mol. The number of sulfonamides is 1. The molecule has 1 saturated carbocycles. The van der Waals surface area contributed by atoms with Gasteiger partial charge in [0.1, 0.15) is 5.82 Å². The van der Waals surface area contributed by atoms with E-state index in [1.54, 1.807) is 11.5 Å². The van der Waals surface area contributed by atoms with Gasteiger partial charge < -0.3 is 4.57 Å². The van der Waals surface area contributed by atoms with Gasteiger partial charge in [-0.15, -0.1) is 0 Å². The fraction of sp³-hybridized carbons (Fsp3) is 0.538. The summed E-state index contributed by atoms with van der Waals surface area (Å²) in [5, 5.41) is 9.58. The molecule has 0 aromatic carbocycles. The van der Waals surface area contributed by atoms with Crippen LogP contribution in [-0.2, 0) is 16.6 Å². The Kier molecular flexibility index (Phi) is 3.58. The molecule has 1 aliphatic carbocycles. The van der Waals surface area contributed by atoms with Gasteiger partial charge in [-0.2, -0.15) is 5.10 Å². The van der Waals surface area contributed by atoms with Crippen LogP contribution in [0.5, 0.6) is 0 Å². The Morgan fingerprint density at radius 1 is 1.38 bits per heavy atom. The van der Waals surface area contributed by atoms with Crippen molar-refractivity contribution in [3.05, 3.63) is 30.0 Å². The molecule has 7 nitrogen and oxygen atoms in total. The van der Waals surface area contributed by atoms with Crippen LogP contribution in [-0.4, -0.2) is 27.7 Å². The molecule has 114 valence electrons. The first kappa shape index (κ1) is 14.3. The van der Waals surface area contributed by atoms with Crippen molar-refractivity contribution in [2.24, 2.45) is 5.14 Å². The third-order valence-electron chi connectivity index (χ3n) is 3.94. The molecule has 0 aliphatic heterocycles. The van der Waals surface area contributed by atoms with Crippen LogP contribution in [0.15, 0.2) is 23.5 Å². The van der Waals surface area contributed by atoms with Crippen LogP contribution in [0.4, 0.5) is 0 Å². The molecule has 2 N–H and O–H groups in total. The van der Waals surface area contributed by atoms with E-state index >= 15 is 0 Å². The van der Waals surface area contributed by atoms with Crippen LogP contribution in [0.3, 0.4) is 0 Å². The van der Waals surface area contributed by atoms with Crippen LogP contribution in [0, 0.1) is 6.92 Å². The van der Waals surface area contributed by atoms with Gasteiger partial charge in [0.25, 0.3) is 10.0 Å². The molecule has 1 fully saturated rings. The quantitative estimate of drug-likeness (QED) is 0.917. The van der Waals surface area contributed by atoms with Gasteiger partial charge in [-0.05, 0) is 25.8 Å². The maximum absolute atomic E-state index is 11.3. The smallest absolute Gasteiger partial charge is 0.257 e. The summed E-state index contributed by atoms with van der Waals surface area (Å²) in [5.74, 6) is 0.606. The molecule has 8 heteroatoms. The SMILES string of the molecule is Cc1nc(S(N)(=O)=O)cn1Cc1ccn(C2CCCC2)n1. The zero-order valence-corrected chi connectivity index (χ0v) is 12.8. The Hall–Kier alpha value is -1.67. The van der Waals surface area contributed by atoms with Gasteiger partial charge in [0.15, 0.2) is 5.03 Å². The Labute approximate surface area is 123 Å². The van der Waals surface area contributed by atoms with Crippen molar-refractivity contribution in [1.29, 1.82) is 0 Å². The fourth-order valence-corrected chi connectivity index (χ4v) is 3.32. The molecular weight excluding hydrogens is 290 g/mol. The molecule has 0 spiro atoms. The summed E-state index contributed by atoms with van der Waals surface area (Å²) < 4.78 is 26.4. The van der Waals surface area contributed by atoms with Gasteiger partial charge >= 0.3 is 0 Å².